The first-order valence-corrected chi connectivity index (χ1v) is 7.27. The first-order chi connectivity index (χ1) is 10.2. The molecule has 21 heavy (non-hydrogen) atoms. The zero-order valence-corrected chi connectivity index (χ0v) is 12.6. The van der Waals surface area contributed by atoms with Gasteiger partial charge in [-0.15, -0.1) is 10.2 Å². The van der Waals surface area contributed by atoms with Crippen molar-refractivity contribution < 1.29 is 14.3 Å². The van der Waals surface area contributed by atoms with Crippen molar-refractivity contribution in [2.45, 2.75) is 31.8 Å². The smallest absolute Gasteiger partial charge is 0.339 e. The highest BCUT2D eigenvalue weighted by Crippen LogP contribution is 2.33. The van der Waals surface area contributed by atoms with Crippen LogP contribution < -0.4 is 0 Å². The van der Waals surface area contributed by atoms with Gasteiger partial charge in [0.2, 0.25) is 0 Å². The molecule has 2 aromatic heterocycles. The molecule has 7 heteroatoms. The molecule has 1 aliphatic heterocycles. The van der Waals surface area contributed by atoms with Gasteiger partial charge in [-0.05, 0) is 18.9 Å². The number of halogens is 1. The first-order valence-electron chi connectivity index (χ1n) is 6.89. The van der Waals surface area contributed by atoms with Crippen LogP contribution in [0.4, 0.5) is 0 Å². The molecule has 3 heterocycles. The van der Waals surface area contributed by atoms with E-state index in [1.807, 2.05) is 0 Å². The summed E-state index contributed by atoms with van der Waals surface area (Å²) in [5.41, 5.74) is 0.920. The molecule has 112 valence electrons. The van der Waals surface area contributed by atoms with Gasteiger partial charge in [0, 0.05) is 18.7 Å². The lowest BCUT2D eigenvalue weighted by molar-refractivity contribution is 0.0600. The van der Waals surface area contributed by atoms with Gasteiger partial charge in [0.15, 0.2) is 5.65 Å². The van der Waals surface area contributed by atoms with Gasteiger partial charge < -0.3 is 9.47 Å². The molecule has 2 atom stereocenters. The molecule has 3 rings (SSSR count). The molecule has 2 aromatic rings. The van der Waals surface area contributed by atoms with E-state index in [2.05, 4.69) is 17.1 Å². The Hall–Kier alpha value is -1.66. The minimum Gasteiger partial charge on any atom is -0.465 e. The van der Waals surface area contributed by atoms with Gasteiger partial charge in [-0.25, -0.2) is 4.79 Å². The van der Waals surface area contributed by atoms with Gasteiger partial charge in [-0.2, -0.15) is 0 Å². The lowest BCUT2D eigenvalue weighted by Gasteiger charge is -2.15. The molecule has 6 nitrogen and oxygen atoms in total. The fourth-order valence-corrected chi connectivity index (χ4v) is 3.05. The zero-order chi connectivity index (χ0) is 15.0. The third-order valence-corrected chi connectivity index (χ3v) is 4.13. The van der Waals surface area contributed by atoms with Crippen molar-refractivity contribution in [2.75, 3.05) is 13.7 Å². The van der Waals surface area contributed by atoms with Crippen LogP contribution in [0.2, 0.25) is 5.02 Å². The number of rotatable bonds is 3. The summed E-state index contributed by atoms with van der Waals surface area (Å²) < 4.78 is 12.2. The summed E-state index contributed by atoms with van der Waals surface area (Å²) in [4.78, 5) is 11.7. The lowest BCUT2D eigenvalue weighted by atomic mass is 9.99. The van der Waals surface area contributed by atoms with Crippen molar-refractivity contribution in [3.05, 3.63) is 28.7 Å². The van der Waals surface area contributed by atoms with E-state index >= 15 is 0 Å². The van der Waals surface area contributed by atoms with E-state index < -0.39 is 5.97 Å². The molecule has 0 bridgehead atoms. The maximum Gasteiger partial charge on any atom is 0.339 e. The number of carbonyl (C=O) groups is 1. The summed E-state index contributed by atoms with van der Waals surface area (Å²) in [5.74, 6) is 0.504. The normalized spacial score (nSPS) is 21.9. The van der Waals surface area contributed by atoms with Gasteiger partial charge in [0.25, 0.3) is 0 Å². The zero-order valence-electron chi connectivity index (χ0n) is 11.9. The molecule has 0 radical (unpaired) electrons. The molecule has 1 aliphatic rings. The number of aromatic nitrogens is 3. The van der Waals surface area contributed by atoms with Crippen LogP contribution in [0, 0.1) is 0 Å². The van der Waals surface area contributed by atoms with Crippen LogP contribution in [-0.4, -0.2) is 40.4 Å². The molecular formula is C14H16ClN3O3. The highest BCUT2D eigenvalue weighted by molar-refractivity contribution is 6.33. The van der Waals surface area contributed by atoms with Crippen LogP contribution in [0.3, 0.4) is 0 Å². The largest absolute Gasteiger partial charge is 0.465 e. The van der Waals surface area contributed by atoms with E-state index in [4.69, 9.17) is 21.1 Å². The first kappa shape index (κ1) is 14.3. The Balaban J connectivity index is 2.11. The van der Waals surface area contributed by atoms with Crippen molar-refractivity contribution in [1.82, 2.24) is 14.6 Å². The molecule has 0 spiro atoms. The molecule has 0 amide bonds. The van der Waals surface area contributed by atoms with Gasteiger partial charge in [0.1, 0.15) is 5.82 Å². The van der Waals surface area contributed by atoms with Crippen LogP contribution in [0.25, 0.3) is 5.65 Å². The van der Waals surface area contributed by atoms with Crippen molar-refractivity contribution in [2.24, 2.45) is 0 Å². The quantitative estimate of drug-likeness (QED) is 0.815. The van der Waals surface area contributed by atoms with Crippen molar-refractivity contribution in [3.8, 4) is 0 Å². The highest BCUT2D eigenvalue weighted by Gasteiger charge is 2.32. The number of ether oxygens (including phenoxy) is 2. The third-order valence-electron chi connectivity index (χ3n) is 3.85. The van der Waals surface area contributed by atoms with E-state index in [0.29, 0.717) is 22.8 Å². The molecular weight excluding hydrogens is 294 g/mol. The van der Waals surface area contributed by atoms with E-state index in [0.717, 1.165) is 18.7 Å². The number of methoxy groups -OCH3 is 1. The molecule has 1 fully saturated rings. The molecule has 2 unspecified atom stereocenters. The standard InChI is InChI=1S/C14H16ClN3O3/c1-3-11-9(4-5-21-11)12-16-17-13-10(15)6-8(7-18(12)13)14(19)20-2/h6-7,9,11H,3-5H2,1-2H3. The minimum absolute atomic E-state index is 0.123. The van der Waals surface area contributed by atoms with Crippen LogP contribution in [0.5, 0.6) is 0 Å². The van der Waals surface area contributed by atoms with E-state index in [-0.39, 0.29) is 12.0 Å². The predicted octanol–water partition coefficient (Wildman–Crippen LogP) is 2.45. The SMILES string of the molecule is CCC1OCCC1c1nnc2c(Cl)cc(C(=O)OC)cn12. The summed E-state index contributed by atoms with van der Waals surface area (Å²) >= 11 is 6.19. The van der Waals surface area contributed by atoms with Gasteiger partial charge in [-0.3, -0.25) is 4.40 Å². The second kappa shape index (κ2) is 5.61. The van der Waals surface area contributed by atoms with Gasteiger partial charge in [-0.1, -0.05) is 18.5 Å². The average Bonchev–Trinajstić information content (AvgIpc) is 3.11. The molecule has 1 saturated heterocycles. The van der Waals surface area contributed by atoms with Crippen LogP contribution in [0.1, 0.15) is 41.9 Å². The second-order valence-corrected chi connectivity index (χ2v) is 5.44. The van der Waals surface area contributed by atoms with Crippen molar-refractivity contribution >= 4 is 23.2 Å². The average molecular weight is 310 g/mol. The monoisotopic (exact) mass is 309 g/mol. The van der Waals surface area contributed by atoms with Crippen LogP contribution in [-0.2, 0) is 9.47 Å². The summed E-state index contributed by atoms with van der Waals surface area (Å²) in [6.07, 6.45) is 3.59. The Morgan fingerprint density at radius 1 is 1.57 bits per heavy atom. The van der Waals surface area contributed by atoms with Crippen molar-refractivity contribution in [3.63, 3.8) is 0 Å². The molecule has 0 aliphatic carbocycles. The predicted molar refractivity (Wildman–Crippen MR) is 76.7 cm³/mol. The highest BCUT2D eigenvalue weighted by atomic mass is 35.5. The van der Waals surface area contributed by atoms with Gasteiger partial charge in [0.05, 0.1) is 23.8 Å². The fraction of sp³-hybridized carbons (Fsp3) is 0.500. The minimum atomic E-state index is -0.437. The number of carbonyl (C=O) groups excluding carboxylic acids is 1. The number of esters is 1. The Labute approximate surface area is 127 Å². The molecule has 0 saturated carbocycles. The second-order valence-electron chi connectivity index (χ2n) is 5.03. The maximum atomic E-state index is 11.7. The van der Waals surface area contributed by atoms with Crippen molar-refractivity contribution in [1.29, 1.82) is 0 Å². The summed E-state index contributed by atoms with van der Waals surface area (Å²) in [6.45, 7) is 2.79. The van der Waals surface area contributed by atoms with E-state index in [9.17, 15) is 4.79 Å². The summed E-state index contributed by atoms with van der Waals surface area (Å²) in [5, 5.41) is 8.77. The topological polar surface area (TPSA) is 65.7 Å². The number of nitrogens with zero attached hydrogens (tertiary/aromatic N) is 3. The molecule has 0 N–H and O–H groups in total. The van der Waals surface area contributed by atoms with E-state index in [1.165, 1.54) is 7.11 Å². The Bertz CT molecular complexity index is 685. The number of pyridine rings is 1. The summed E-state index contributed by atoms with van der Waals surface area (Å²) in [6, 6.07) is 1.55. The number of fused-ring (bicyclic) bond motifs is 1. The lowest BCUT2D eigenvalue weighted by Crippen LogP contribution is -2.16. The third kappa shape index (κ3) is 2.38. The Morgan fingerprint density at radius 2 is 2.38 bits per heavy atom. The van der Waals surface area contributed by atoms with Crippen LogP contribution in [0.15, 0.2) is 12.3 Å². The van der Waals surface area contributed by atoms with Crippen LogP contribution >= 0.6 is 11.6 Å². The van der Waals surface area contributed by atoms with Gasteiger partial charge >= 0.3 is 5.97 Å². The fourth-order valence-electron chi connectivity index (χ4n) is 2.80. The maximum absolute atomic E-state index is 11.7. The number of hydrogen-bond acceptors (Lipinski definition) is 5. The Morgan fingerprint density at radius 3 is 3.10 bits per heavy atom. The summed E-state index contributed by atoms with van der Waals surface area (Å²) in [7, 11) is 1.34. The molecule has 0 aromatic carbocycles. The number of hydrogen-bond donors (Lipinski definition) is 0. The van der Waals surface area contributed by atoms with E-state index in [1.54, 1.807) is 16.7 Å². The Kier molecular flexibility index (Phi) is 3.82.